The molecule has 11 rings (SSSR count). The summed E-state index contributed by atoms with van der Waals surface area (Å²) in [7, 11) is -1.74. The van der Waals surface area contributed by atoms with Crippen molar-refractivity contribution in [1.29, 1.82) is 0 Å². The lowest BCUT2D eigenvalue weighted by molar-refractivity contribution is 0.669. The Labute approximate surface area is 291 Å². The molecule has 0 atom stereocenters. The molecule has 0 saturated heterocycles. The molecule has 10 aromatic rings. The van der Waals surface area contributed by atoms with E-state index >= 15 is 0 Å². The van der Waals surface area contributed by atoms with Gasteiger partial charge in [0.1, 0.15) is 19.2 Å². The normalized spacial score (nSPS) is 13.6. The summed E-state index contributed by atoms with van der Waals surface area (Å²) in [6.45, 7) is 4.98. The first kappa shape index (κ1) is 27.9. The second-order valence-corrected chi connectivity index (χ2v) is 18.8. The van der Waals surface area contributed by atoms with Gasteiger partial charge in [-0.1, -0.05) is 128 Å². The van der Waals surface area contributed by atoms with E-state index in [1.165, 1.54) is 81.7 Å². The molecule has 1 aliphatic rings. The maximum absolute atomic E-state index is 6.49. The highest BCUT2D eigenvalue weighted by molar-refractivity contribution is 7.03. The molecule has 0 aliphatic carbocycles. The second kappa shape index (κ2) is 10.0. The van der Waals surface area contributed by atoms with Gasteiger partial charge in [-0.25, -0.2) is 0 Å². The Morgan fingerprint density at radius 2 is 0.880 bits per heavy atom. The van der Waals surface area contributed by atoms with Gasteiger partial charge in [-0.2, -0.15) is 0 Å². The van der Waals surface area contributed by atoms with Gasteiger partial charge in [0.2, 0.25) is 0 Å². The quantitative estimate of drug-likeness (QED) is 0.134. The van der Waals surface area contributed by atoms with E-state index < -0.39 is 8.07 Å². The summed E-state index contributed by atoms with van der Waals surface area (Å²) in [5.41, 5.74) is 9.71. The van der Waals surface area contributed by atoms with Gasteiger partial charge in [0.05, 0.1) is 0 Å². The second-order valence-electron chi connectivity index (χ2n) is 14.5. The third-order valence-corrected chi connectivity index (χ3v) is 15.0. The summed E-state index contributed by atoms with van der Waals surface area (Å²) in [4.78, 5) is 0. The van der Waals surface area contributed by atoms with E-state index in [0.717, 1.165) is 21.9 Å². The Morgan fingerprint density at radius 3 is 1.56 bits per heavy atom. The fourth-order valence-electron chi connectivity index (χ4n) is 9.00. The minimum absolute atomic E-state index is 0.915. The van der Waals surface area contributed by atoms with Crippen LogP contribution in [0, 0.1) is 0 Å². The molecule has 9 aromatic carbocycles. The first-order chi connectivity index (χ1) is 24.5. The van der Waals surface area contributed by atoms with Crippen LogP contribution in [0.5, 0.6) is 0 Å². The highest BCUT2D eigenvalue weighted by atomic mass is 28.3. The molecule has 0 saturated carbocycles. The number of fused-ring (bicyclic) bond motifs is 10. The van der Waals surface area contributed by atoms with Crippen LogP contribution in [0.2, 0.25) is 13.1 Å². The molecule has 2 heteroatoms. The SMILES string of the molecule is C[Si]1(C)c2ccccc2-c2cc(-c3c4ccccc4c(-c4ccc5oc6cc7cc8ccccc8cc7cc6c5c4)c4ccccc34)ccc21. The first-order valence-electron chi connectivity index (χ1n) is 17.5. The molecule has 0 N–H and O–H groups in total. The molecule has 0 bridgehead atoms. The van der Waals surface area contributed by atoms with Crippen LogP contribution in [0.4, 0.5) is 0 Å². The molecular weight excluding hydrogens is 621 g/mol. The van der Waals surface area contributed by atoms with Gasteiger partial charge in [0.15, 0.2) is 0 Å². The fourth-order valence-corrected chi connectivity index (χ4v) is 12.1. The van der Waals surface area contributed by atoms with Gasteiger partial charge >= 0.3 is 0 Å². The third-order valence-electron chi connectivity index (χ3n) is 11.4. The van der Waals surface area contributed by atoms with Crippen molar-refractivity contribution in [2.24, 2.45) is 0 Å². The standard InChI is InChI=1S/C48H32OSi/c1-50(2)45-18-10-9-13-35(45)42-26-32(20-22-46(42)50)48-38-16-7-5-14-36(38)47(37-15-6-8-17-39(37)48)31-19-21-43-40(25-31)41-27-33-23-29-11-3-4-12-30(29)24-34(33)28-44(41)49-43/h3-28H,1-2H3. The summed E-state index contributed by atoms with van der Waals surface area (Å²) < 4.78 is 6.49. The van der Waals surface area contributed by atoms with Crippen LogP contribution in [-0.4, -0.2) is 8.07 Å². The van der Waals surface area contributed by atoms with Gasteiger partial charge in [0, 0.05) is 10.8 Å². The van der Waals surface area contributed by atoms with Gasteiger partial charge < -0.3 is 4.42 Å². The van der Waals surface area contributed by atoms with Crippen molar-refractivity contribution in [3.05, 3.63) is 158 Å². The van der Waals surface area contributed by atoms with Gasteiger partial charge in [-0.15, -0.1) is 0 Å². The molecule has 0 spiro atoms. The van der Waals surface area contributed by atoms with E-state index in [9.17, 15) is 0 Å². The largest absolute Gasteiger partial charge is 0.456 e. The average Bonchev–Trinajstić information content (AvgIpc) is 3.62. The molecular formula is C48H32OSi. The van der Waals surface area contributed by atoms with E-state index in [4.69, 9.17) is 4.42 Å². The minimum atomic E-state index is -1.74. The summed E-state index contributed by atoms with van der Waals surface area (Å²) in [6, 6.07) is 58.7. The monoisotopic (exact) mass is 652 g/mol. The maximum Gasteiger partial charge on any atom is 0.136 e. The molecule has 1 aliphatic heterocycles. The topological polar surface area (TPSA) is 13.1 Å². The summed E-state index contributed by atoms with van der Waals surface area (Å²) in [6.07, 6.45) is 0. The third kappa shape index (κ3) is 3.83. The van der Waals surface area contributed by atoms with Gasteiger partial charge in [-0.05, 0) is 129 Å². The van der Waals surface area contributed by atoms with Crippen LogP contribution in [0.15, 0.2) is 162 Å². The molecule has 0 unspecified atom stereocenters. The number of furan rings is 1. The number of rotatable bonds is 2. The highest BCUT2D eigenvalue weighted by Gasteiger charge is 2.37. The zero-order chi connectivity index (χ0) is 33.1. The Bertz CT molecular complexity index is 3010. The number of hydrogen-bond acceptors (Lipinski definition) is 1. The summed E-state index contributed by atoms with van der Waals surface area (Å²) in [5.74, 6) is 0. The Balaban J connectivity index is 1.16. The van der Waals surface area contributed by atoms with E-state index in [2.05, 4.69) is 171 Å². The predicted molar refractivity (Wildman–Crippen MR) is 217 cm³/mol. The van der Waals surface area contributed by atoms with Gasteiger partial charge in [0.25, 0.3) is 0 Å². The zero-order valence-electron chi connectivity index (χ0n) is 27.9. The van der Waals surface area contributed by atoms with E-state index in [-0.39, 0.29) is 0 Å². The van der Waals surface area contributed by atoms with E-state index in [1.807, 2.05) is 0 Å². The lowest BCUT2D eigenvalue weighted by Gasteiger charge is -2.20. The van der Waals surface area contributed by atoms with Crippen molar-refractivity contribution in [3.63, 3.8) is 0 Å². The maximum atomic E-state index is 6.49. The molecule has 1 aromatic heterocycles. The van der Waals surface area contributed by atoms with Crippen molar-refractivity contribution in [2.75, 3.05) is 0 Å². The van der Waals surface area contributed by atoms with Crippen molar-refractivity contribution in [3.8, 4) is 33.4 Å². The van der Waals surface area contributed by atoms with Crippen LogP contribution in [-0.2, 0) is 0 Å². The predicted octanol–water partition coefficient (Wildman–Crippen LogP) is 12.3. The molecule has 234 valence electrons. The van der Waals surface area contributed by atoms with Crippen molar-refractivity contribution < 1.29 is 4.42 Å². The molecule has 0 fully saturated rings. The average molecular weight is 653 g/mol. The Hall–Kier alpha value is -5.96. The number of hydrogen-bond donors (Lipinski definition) is 0. The van der Waals surface area contributed by atoms with Crippen molar-refractivity contribution in [1.82, 2.24) is 0 Å². The summed E-state index contributed by atoms with van der Waals surface area (Å²) >= 11 is 0. The number of benzene rings is 9. The molecule has 50 heavy (non-hydrogen) atoms. The highest BCUT2D eigenvalue weighted by Crippen LogP contribution is 2.46. The molecule has 0 amide bonds. The lowest BCUT2D eigenvalue weighted by atomic mass is 9.85. The molecule has 2 heterocycles. The van der Waals surface area contributed by atoms with Crippen LogP contribution < -0.4 is 10.4 Å². The smallest absolute Gasteiger partial charge is 0.136 e. The van der Waals surface area contributed by atoms with Crippen LogP contribution in [0.1, 0.15) is 0 Å². The Morgan fingerprint density at radius 1 is 0.360 bits per heavy atom. The van der Waals surface area contributed by atoms with E-state index in [1.54, 1.807) is 5.19 Å². The molecule has 1 nitrogen and oxygen atoms in total. The van der Waals surface area contributed by atoms with Crippen LogP contribution in [0.25, 0.3) is 98.4 Å². The van der Waals surface area contributed by atoms with Gasteiger partial charge in [-0.3, -0.25) is 0 Å². The van der Waals surface area contributed by atoms with Crippen molar-refractivity contribution in [2.45, 2.75) is 13.1 Å². The van der Waals surface area contributed by atoms with E-state index in [0.29, 0.717) is 0 Å². The first-order valence-corrected chi connectivity index (χ1v) is 20.5. The fraction of sp³-hybridized carbons (Fsp3) is 0.0417. The van der Waals surface area contributed by atoms with Crippen LogP contribution in [0.3, 0.4) is 0 Å². The Kier molecular flexibility index (Phi) is 5.61. The zero-order valence-corrected chi connectivity index (χ0v) is 28.9. The lowest BCUT2D eigenvalue weighted by Crippen LogP contribution is -2.49. The van der Waals surface area contributed by atoms with Crippen molar-refractivity contribution >= 4 is 83.5 Å². The molecule has 0 radical (unpaired) electrons. The minimum Gasteiger partial charge on any atom is -0.456 e. The summed E-state index contributed by atoms with van der Waals surface area (Å²) in [5, 5.41) is 15.4. The van der Waals surface area contributed by atoms with Crippen LogP contribution >= 0.6 is 0 Å².